The Morgan fingerprint density at radius 1 is 1.09 bits per heavy atom. The number of nitrogens with zero attached hydrogens (tertiary/aromatic N) is 1. The third-order valence-electron chi connectivity index (χ3n) is 3.80. The first-order valence-corrected chi connectivity index (χ1v) is 7.78. The van der Waals surface area contributed by atoms with Crippen molar-refractivity contribution in [2.75, 3.05) is 0 Å². The van der Waals surface area contributed by atoms with E-state index in [0.717, 1.165) is 23.6 Å². The zero-order valence-electron chi connectivity index (χ0n) is 12.6. The van der Waals surface area contributed by atoms with Crippen molar-refractivity contribution < 1.29 is 4.74 Å². The van der Waals surface area contributed by atoms with Gasteiger partial charge < -0.3 is 15.0 Å². The van der Waals surface area contributed by atoms with Gasteiger partial charge in [-0.1, -0.05) is 17.7 Å². The Bertz CT molecular complexity index is 778. The van der Waals surface area contributed by atoms with Crippen LogP contribution < -0.4 is 10.5 Å². The SMILES string of the molecule is CCn1c(COc2ccc(Cl)cc2)cc2cc(CN)ccc21. The quantitative estimate of drug-likeness (QED) is 0.760. The molecule has 1 heterocycles. The first kappa shape index (κ1) is 14.9. The first-order valence-electron chi connectivity index (χ1n) is 7.40. The largest absolute Gasteiger partial charge is 0.487 e. The number of aromatic nitrogens is 1. The van der Waals surface area contributed by atoms with Crippen LogP contribution >= 0.6 is 11.6 Å². The smallest absolute Gasteiger partial charge is 0.128 e. The molecule has 0 saturated carbocycles. The fraction of sp³-hybridized carbons (Fsp3) is 0.222. The summed E-state index contributed by atoms with van der Waals surface area (Å²) in [5, 5.41) is 1.92. The zero-order valence-corrected chi connectivity index (χ0v) is 13.3. The molecule has 22 heavy (non-hydrogen) atoms. The summed E-state index contributed by atoms with van der Waals surface area (Å²) >= 11 is 5.89. The van der Waals surface area contributed by atoms with E-state index in [1.54, 1.807) is 0 Å². The molecule has 3 rings (SSSR count). The highest BCUT2D eigenvalue weighted by Crippen LogP contribution is 2.23. The molecule has 0 unspecified atom stereocenters. The molecule has 3 nitrogen and oxygen atoms in total. The van der Waals surface area contributed by atoms with Crippen LogP contribution in [0.4, 0.5) is 0 Å². The van der Waals surface area contributed by atoms with Gasteiger partial charge in [0.15, 0.2) is 0 Å². The lowest BCUT2D eigenvalue weighted by Gasteiger charge is -2.10. The van der Waals surface area contributed by atoms with Crippen LogP contribution in [-0.4, -0.2) is 4.57 Å². The number of hydrogen-bond acceptors (Lipinski definition) is 2. The highest BCUT2D eigenvalue weighted by Gasteiger charge is 2.09. The lowest BCUT2D eigenvalue weighted by molar-refractivity contribution is 0.296. The number of rotatable bonds is 5. The molecule has 0 atom stereocenters. The minimum Gasteiger partial charge on any atom is -0.487 e. The van der Waals surface area contributed by atoms with Gasteiger partial charge >= 0.3 is 0 Å². The van der Waals surface area contributed by atoms with Crippen molar-refractivity contribution in [2.45, 2.75) is 26.6 Å². The molecule has 0 spiro atoms. The first-order chi connectivity index (χ1) is 10.7. The van der Waals surface area contributed by atoms with E-state index in [4.69, 9.17) is 22.1 Å². The topological polar surface area (TPSA) is 40.2 Å². The molecule has 1 aromatic heterocycles. The van der Waals surface area contributed by atoms with Crippen molar-refractivity contribution in [3.8, 4) is 5.75 Å². The summed E-state index contributed by atoms with van der Waals surface area (Å²) in [5.41, 5.74) is 9.24. The number of halogens is 1. The molecule has 0 aliphatic rings. The van der Waals surface area contributed by atoms with E-state index in [0.29, 0.717) is 18.2 Å². The van der Waals surface area contributed by atoms with E-state index in [-0.39, 0.29) is 0 Å². The number of hydrogen-bond donors (Lipinski definition) is 1. The number of ether oxygens (including phenoxy) is 1. The average Bonchev–Trinajstić information content (AvgIpc) is 2.90. The number of fused-ring (bicyclic) bond motifs is 1. The van der Waals surface area contributed by atoms with Gasteiger partial charge in [0.2, 0.25) is 0 Å². The van der Waals surface area contributed by atoms with Gasteiger partial charge in [0, 0.05) is 29.0 Å². The Hall–Kier alpha value is -1.97. The van der Waals surface area contributed by atoms with Crippen LogP contribution in [0.15, 0.2) is 48.5 Å². The molecule has 0 radical (unpaired) electrons. The van der Waals surface area contributed by atoms with Gasteiger partial charge in [0.05, 0.1) is 5.69 Å². The minimum absolute atomic E-state index is 0.530. The number of nitrogens with two attached hydrogens (primary N) is 1. The Balaban J connectivity index is 1.87. The summed E-state index contributed by atoms with van der Waals surface area (Å²) in [6, 6.07) is 16.0. The molecule has 0 aliphatic carbocycles. The molecular formula is C18H19ClN2O. The van der Waals surface area contributed by atoms with Crippen LogP contribution in [0.25, 0.3) is 10.9 Å². The molecule has 2 aromatic carbocycles. The summed E-state index contributed by atoms with van der Waals surface area (Å²) in [6.07, 6.45) is 0. The van der Waals surface area contributed by atoms with Gasteiger partial charge in [0.1, 0.15) is 12.4 Å². The summed E-state index contributed by atoms with van der Waals surface area (Å²) in [6.45, 7) is 4.14. The van der Waals surface area contributed by atoms with Gasteiger partial charge in [-0.2, -0.15) is 0 Å². The van der Waals surface area contributed by atoms with Gasteiger partial charge in [-0.25, -0.2) is 0 Å². The van der Waals surface area contributed by atoms with E-state index in [2.05, 4.69) is 35.8 Å². The van der Waals surface area contributed by atoms with Gasteiger partial charge in [-0.3, -0.25) is 0 Å². The maximum absolute atomic E-state index is 5.89. The second kappa shape index (κ2) is 6.42. The van der Waals surface area contributed by atoms with Gasteiger partial charge in [-0.15, -0.1) is 0 Å². The van der Waals surface area contributed by atoms with Crippen molar-refractivity contribution in [3.63, 3.8) is 0 Å². The normalized spacial score (nSPS) is 11.0. The zero-order chi connectivity index (χ0) is 15.5. The van der Waals surface area contributed by atoms with Gasteiger partial charge in [-0.05, 0) is 55.0 Å². The number of aryl methyl sites for hydroxylation is 1. The Labute approximate surface area is 135 Å². The van der Waals surface area contributed by atoms with Crippen LogP contribution in [0.3, 0.4) is 0 Å². The minimum atomic E-state index is 0.530. The average molecular weight is 315 g/mol. The molecule has 0 saturated heterocycles. The molecule has 0 fully saturated rings. The van der Waals surface area contributed by atoms with Crippen LogP contribution in [0.1, 0.15) is 18.2 Å². The second-order valence-electron chi connectivity index (χ2n) is 5.22. The van der Waals surface area contributed by atoms with Crippen molar-refractivity contribution in [1.29, 1.82) is 0 Å². The van der Waals surface area contributed by atoms with Crippen molar-refractivity contribution in [1.82, 2.24) is 4.57 Å². The predicted octanol–water partition coefficient (Wildman–Crippen LogP) is 4.35. The molecule has 2 N–H and O–H groups in total. The molecule has 0 aliphatic heterocycles. The van der Waals surface area contributed by atoms with Crippen LogP contribution in [0, 0.1) is 0 Å². The standard InChI is InChI=1S/C18H19ClN2O/c1-2-21-16(12-22-17-6-4-15(19)5-7-17)10-14-9-13(11-20)3-8-18(14)21/h3-10H,2,11-12,20H2,1H3. The summed E-state index contributed by atoms with van der Waals surface area (Å²) < 4.78 is 8.14. The lowest BCUT2D eigenvalue weighted by atomic mass is 10.1. The monoisotopic (exact) mass is 314 g/mol. The Morgan fingerprint density at radius 3 is 2.55 bits per heavy atom. The van der Waals surface area contributed by atoms with Crippen molar-refractivity contribution >= 4 is 22.5 Å². The summed E-state index contributed by atoms with van der Waals surface area (Å²) in [4.78, 5) is 0. The fourth-order valence-electron chi connectivity index (χ4n) is 2.69. The number of benzene rings is 2. The van der Waals surface area contributed by atoms with Crippen LogP contribution in [-0.2, 0) is 19.7 Å². The van der Waals surface area contributed by atoms with E-state index >= 15 is 0 Å². The van der Waals surface area contributed by atoms with Gasteiger partial charge in [0.25, 0.3) is 0 Å². The molecule has 4 heteroatoms. The highest BCUT2D eigenvalue weighted by atomic mass is 35.5. The van der Waals surface area contributed by atoms with Crippen LogP contribution in [0.2, 0.25) is 5.02 Å². The molecule has 0 amide bonds. The summed E-state index contributed by atoms with van der Waals surface area (Å²) in [7, 11) is 0. The maximum atomic E-state index is 5.89. The van der Waals surface area contributed by atoms with E-state index < -0.39 is 0 Å². The maximum Gasteiger partial charge on any atom is 0.128 e. The second-order valence-corrected chi connectivity index (χ2v) is 5.66. The fourth-order valence-corrected chi connectivity index (χ4v) is 2.81. The third-order valence-corrected chi connectivity index (χ3v) is 4.06. The molecule has 114 valence electrons. The molecular weight excluding hydrogens is 296 g/mol. The Kier molecular flexibility index (Phi) is 4.36. The Morgan fingerprint density at radius 2 is 1.86 bits per heavy atom. The highest BCUT2D eigenvalue weighted by molar-refractivity contribution is 6.30. The third kappa shape index (κ3) is 2.96. The van der Waals surface area contributed by atoms with E-state index in [9.17, 15) is 0 Å². The van der Waals surface area contributed by atoms with Crippen molar-refractivity contribution in [2.24, 2.45) is 5.73 Å². The van der Waals surface area contributed by atoms with Crippen LogP contribution in [0.5, 0.6) is 5.75 Å². The predicted molar refractivity (Wildman–Crippen MR) is 91.3 cm³/mol. The van der Waals surface area contributed by atoms with E-state index in [1.807, 2.05) is 24.3 Å². The molecule has 3 aromatic rings. The lowest BCUT2D eigenvalue weighted by Crippen LogP contribution is -2.04. The van der Waals surface area contributed by atoms with E-state index in [1.165, 1.54) is 10.9 Å². The molecule has 0 bridgehead atoms. The summed E-state index contributed by atoms with van der Waals surface area (Å²) in [5.74, 6) is 0.819. The van der Waals surface area contributed by atoms with Crippen molar-refractivity contribution in [3.05, 3.63) is 64.8 Å².